The summed E-state index contributed by atoms with van der Waals surface area (Å²) in [6.45, 7) is 0. The molecular formula is C13H9Cl2NS. The van der Waals surface area contributed by atoms with Gasteiger partial charge in [-0.05, 0) is 35.2 Å². The second-order valence-corrected chi connectivity index (χ2v) is 5.03. The molecule has 0 saturated heterocycles. The average molecular weight is 282 g/mol. The van der Waals surface area contributed by atoms with Crippen LogP contribution < -0.4 is 0 Å². The molecule has 17 heavy (non-hydrogen) atoms. The monoisotopic (exact) mass is 281 g/mol. The van der Waals surface area contributed by atoms with Gasteiger partial charge < -0.3 is 0 Å². The molecule has 86 valence electrons. The maximum absolute atomic E-state index is 6.03. The summed E-state index contributed by atoms with van der Waals surface area (Å²) in [5.74, 6) is 0. The topological polar surface area (TPSA) is 12.9 Å². The van der Waals surface area contributed by atoms with Crippen LogP contribution in [0.5, 0.6) is 0 Å². The van der Waals surface area contributed by atoms with Crippen LogP contribution in [0, 0.1) is 0 Å². The van der Waals surface area contributed by atoms with E-state index in [-0.39, 0.29) is 0 Å². The number of halogens is 2. The molecule has 1 nitrogen and oxygen atoms in total. The van der Waals surface area contributed by atoms with Gasteiger partial charge in [-0.2, -0.15) is 0 Å². The molecule has 1 aromatic heterocycles. The van der Waals surface area contributed by atoms with E-state index < -0.39 is 0 Å². The van der Waals surface area contributed by atoms with Crippen molar-refractivity contribution in [1.29, 1.82) is 0 Å². The van der Waals surface area contributed by atoms with Crippen molar-refractivity contribution in [2.75, 3.05) is 0 Å². The molecule has 0 aliphatic heterocycles. The molecule has 0 atom stereocenters. The number of thioether (sulfide) groups is 1. The van der Waals surface area contributed by atoms with Crippen molar-refractivity contribution in [3.05, 3.63) is 63.6 Å². The van der Waals surface area contributed by atoms with E-state index in [2.05, 4.69) is 4.98 Å². The molecule has 2 rings (SSSR count). The summed E-state index contributed by atoms with van der Waals surface area (Å²) in [6.07, 6.45) is 3.59. The summed E-state index contributed by atoms with van der Waals surface area (Å²) in [6, 6.07) is 11.4. The Morgan fingerprint density at radius 2 is 1.88 bits per heavy atom. The Labute approximate surface area is 114 Å². The normalized spacial score (nSPS) is 10.9. The Kier molecular flexibility index (Phi) is 4.49. The van der Waals surface area contributed by atoms with Gasteiger partial charge in [0.15, 0.2) is 0 Å². The minimum atomic E-state index is 0.643. The van der Waals surface area contributed by atoms with Gasteiger partial charge in [0.1, 0.15) is 5.03 Å². The van der Waals surface area contributed by atoms with E-state index in [0.717, 1.165) is 15.6 Å². The number of rotatable bonds is 3. The third-order valence-corrected chi connectivity index (χ3v) is 3.36. The molecule has 0 aliphatic carbocycles. The van der Waals surface area contributed by atoms with E-state index in [1.165, 1.54) is 11.8 Å². The lowest BCUT2D eigenvalue weighted by Gasteiger charge is -1.97. The zero-order valence-electron chi connectivity index (χ0n) is 8.81. The molecule has 1 aromatic carbocycles. The molecule has 0 unspecified atom stereocenters. The number of nitrogens with zero attached hydrogens (tertiary/aromatic N) is 1. The van der Waals surface area contributed by atoms with Crippen molar-refractivity contribution in [2.24, 2.45) is 0 Å². The molecule has 4 heteroatoms. The molecule has 0 N–H and O–H groups in total. The Hall–Kier alpha value is -0.960. The number of aromatic nitrogens is 1. The van der Waals surface area contributed by atoms with E-state index in [0.29, 0.717) is 5.02 Å². The average Bonchev–Trinajstić information content (AvgIpc) is 2.34. The Balaban J connectivity index is 2.03. The van der Waals surface area contributed by atoms with Crippen molar-refractivity contribution >= 4 is 41.0 Å². The summed E-state index contributed by atoms with van der Waals surface area (Å²) in [5.41, 5.74) is 0.996. The zero-order valence-corrected chi connectivity index (χ0v) is 11.1. The fraction of sp³-hybridized carbons (Fsp3) is 0. The second kappa shape index (κ2) is 6.10. The van der Waals surface area contributed by atoms with Gasteiger partial charge in [-0.1, -0.05) is 53.2 Å². The van der Waals surface area contributed by atoms with Crippen LogP contribution in [0.15, 0.2) is 53.0 Å². The van der Waals surface area contributed by atoms with Crippen LogP contribution in [0.3, 0.4) is 0 Å². The number of pyridine rings is 1. The quantitative estimate of drug-likeness (QED) is 0.722. The highest BCUT2D eigenvalue weighted by Gasteiger charge is 1.95. The fourth-order valence-electron chi connectivity index (χ4n) is 1.22. The summed E-state index contributed by atoms with van der Waals surface area (Å²) in [7, 11) is 0. The first kappa shape index (κ1) is 12.5. The number of hydrogen-bond acceptors (Lipinski definition) is 2. The molecule has 0 amide bonds. The van der Waals surface area contributed by atoms with Gasteiger partial charge in [0.25, 0.3) is 0 Å². The van der Waals surface area contributed by atoms with Crippen LogP contribution in [-0.4, -0.2) is 4.98 Å². The molecule has 0 spiro atoms. The molecule has 2 aromatic rings. The first-order chi connectivity index (χ1) is 8.25. The van der Waals surface area contributed by atoms with E-state index in [9.17, 15) is 0 Å². The highest BCUT2D eigenvalue weighted by atomic mass is 35.5. The highest BCUT2D eigenvalue weighted by Crippen LogP contribution is 2.22. The van der Waals surface area contributed by atoms with Gasteiger partial charge in [-0.3, -0.25) is 0 Å². The molecule has 1 heterocycles. The molecule has 0 fully saturated rings. The van der Waals surface area contributed by atoms with Crippen LogP contribution in [-0.2, 0) is 0 Å². The van der Waals surface area contributed by atoms with Gasteiger partial charge in [-0.25, -0.2) is 4.98 Å². The van der Waals surface area contributed by atoms with Crippen LogP contribution in [0.1, 0.15) is 5.56 Å². The van der Waals surface area contributed by atoms with E-state index in [4.69, 9.17) is 23.2 Å². The largest absolute Gasteiger partial charge is 0.248 e. The number of benzene rings is 1. The van der Waals surface area contributed by atoms with Crippen molar-refractivity contribution in [3.8, 4) is 0 Å². The minimum Gasteiger partial charge on any atom is -0.248 e. The Morgan fingerprint density at radius 3 is 2.59 bits per heavy atom. The van der Waals surface area contributed by atoms with Crippen LogP contribution in [0.25, 0.3) is 6.08 Å². The molecule has 0 aliphatic rings. The van der Waals surface area contributed by atoms with Gasteiger partial charge in [0.2, 0.25) is 0 Å². The predicted octanol–water partition coefficient (Wildman–Crippen LogP) is 5.15. The van der Waals surface area contributed by atoms with Crippen LogP contribution in [0.2, 0.25) is 10.0 Å². The van der Waals surface area contributed by atoms with E-state index >= 15 is 0 Å². The Morgan fingerprint density at radius 1 is 1.06 bits per heavy atom. The third kappa shape index (κ3) is 3.77. The summed E-state index contributed by atoms with van der Waals surface area (Å²) in [4.78, 5) is 4.18. The van der Waals surface area contributed by atoms with Crippen LogP contribution in [0.4, 0.5) is 0 Å². The molecule has 0 saturated carbocycles. The molecule has 0 bridgehead atoms. The number of hydrogen-bond donors (Lipinski definition) is 0. The van der Waals surface area contributed by atoms with Gasteiger partial charge >= 0.3 is 0 Å². The molecular weight excluding hydrogens is 273 g/mol. The smallest absolute Gasteiger partial charge is 0.100 e. The van der Waals surface area contributed by atoms with Crippen molar-refractivity contribution in [2.45, 2.75) is 5.03 Å². The van der Waals surface area contributed by atoms with Gasteiger partial charge in [0, 0.05) is 11.2 Å². The third-order valence-electron chi connectivity index (χ3n) is 2.04. The van der Waals surface area contributed by atoms with Crippen LogP contribution >= 0.6 is 35.0 Å². The van der Waals surface area contributed by atoms with E-state index in [1.807, 2.05) is 47.9 Å². The van der Waals surface area contributed by atoms with E-state index in [1.54, 1.807) is 6.20 Å². The standard InChI is InChI=1S/C13H9Cl2NS/c14-11-5-6-13(16-9-11)17-8-7-10-3-1-2-4-12(10)15/h1-9H/b8-7+. The lowest BCUT2D eigenvalue weighted by Crippen LogP contribution is -1.76. The lowest BCUT2D eigenvalue weighted by molar-refractivity contribution is 1.14. The maximum Gasteiger partial charge on any atom is 0.100 e. The second-order valence-electron chi connectivity index (χ2n) is 3.26. The zero-order chi connectivity index (χ0) is 12.1. The first-order valence-electron chi connectivity index (χ1n) is 4.95. The SMILES string of the molecule is Clc1ccc(S/C=C/c2ccccc2Cl)nc1. The van der Waals surface area contributed by atoms with Gasteiger partial charge in [-0.15, -0.1) is 0 Å². The van der Waals surface area contributed by atoms with Crippen molar-refractivity contribution < 1.29 is 0 Å². The van der Waals surface area contributed by atoms with Gasteiger partial charge in [0.05, 0.1) is 5.02 Å². The summed E-state index contributed by atoms with van der Waals surface area (Å²) < 4.78 is 0. The highest BCUT2D eigenvalue weighted by molar-refractivity contribution is 8.02. The first-order valence-corrected chi connectivity index (χ1v) is 6.58. The lowest BCUT2D eigenvalue weighted by atomic mass is 10.2. The van der Waals surface area contributed by atoms with Crippen molar-refractivity contribution in [3.63, 3.8) is 0 Å². The maximum atomic E-state index is 6.03. The predicted molar refractivity (Wildman–Crippen MR) is 75.6 cm³/mol. The fourth-order valence-corrected chi connectivity index (χ4v) is 2.14. The summed E-state index contributed by atoms with van der Waals surface area (Å²) >= 11 is 13.3. The van der Waals surface area contributed by atoms with Crippen molar-refractivity contribution in [1.82, 2.24) is 4.98 Å². The summed E-state index contributed by atoms with van der Waals surface area (Å²) in [5, 5.41) is 4.24. The molecule has 0 radical (unpaired) electrons. The Bertz CT molecular complexity index is 523. The minimum absolute atomic E-state index is 0.643.